The van der Waals surface area contributed by atoms with Crippen molar-refractivity contribution in [3.8, 4) is 11.6 Å². The molecule has 1 aromatic carbocycles. The maximum Gasteiger partial charge on any atom is 0.258 e. The number of fused-ring (bicyclic) bond motifs is 1. The molecule has 2 N–H and O–H groups in total. The van der Waals surface area contributed by atoms with Gasteiger partial charge in [0.25, 0.3) is 5.91 Å². The predicted octanol–water partition coefficient (Wildman–Crippen LogP) is 0.829. The molecule has 0 radical (unpaired) electrons. The van der Waals surface area contributed by atoms with E-state index in [4.69, 9.17) is 9.47 Å². The molecule has 7 nitrogen and oxygen atoms in total. The number of carbonyl (C=O) groups excluding carboxylic acids is 1. The van der Waals surface area contributed by atoms with Crippen LogP contribution in [0.4, 0.5) is 0 Å². The zero-order chi connectivity index (χ0) is 16.4. The maximum atomic E-state index is 12.3. The third-order valence-corrected chi connectivity index (χ3v) is 3.94. The monoisotopic (exact) mass is 317 g/mol. The minimum atomic E-state index is -1.15. The van der Waals surface area contributed by atoms with Crippen molar-refractivity contribution in [1.82, 2.24) is 15.1 Å². The topological polar surface area (TPSA) is 85.6 Å². The molecule has 1 atom stereocenters. The van der Waals surface area contributed by atoms with Gasteiger partial charge in [0, 0.05) is 25.2 Å². The van der Waals surface area contributed by atoms with Gasteiger partial charge in [0.1, 0.15) is 16.9 Å². The molecular weight excluding hydrogens is 298 g/mol. The van der Waals surface area contributed by atoms with Gasteiger partial charge < -0.3 is 19.9 Å². The van der Waals surface area contributed by atoms with Gasteiger partial charge in [0.15, 0.2) is 0 Å². The Labute approximate surface area is 133 Å². The molecule has 122 valence electrons. The van der Waals surface area contributed by atoms with Crippen LogP contribution >= 0.6 is 0 Å². The van der Waals surface area contributed by atoms with E-state index in [1.165, 1.54) is 11.8 Å². The van der Waals surface area contributed by atoms with Crippen molar-refractivity contribution in [2.75, 3.05) is 20.3 Å². The Kier molecular flexibility index (Phi) is 3.96. The van der Waals surface area contributed by atoms with E-state index < -0.39 is 5.60 Å². The standard InChI is InChI=1S/C16H19N3O4/c1-19-9-11(15(18-19)22-2)14(20)17-10-16(21)7-8-23-13-6-4-3-5-12(13)16/h3-6,9,21H,7-8,10H2,1-2H3,(H,17,20)/t16-/m1/s1. The number of aromatic nitrogens is 2. The number of amides is 1. The van der Waals surface area contributed by atoms with Crippen LogP contribution in [0.15, 0.2) is 30.5 Å². The van der Waals surface area contributed by atoms with Crippen molar-refractivity contribution in [1.29, 1.82) is 0 Å². The number of rotatable bonds is 4. The van der Waals surface area contributed by atoms with Crippen LogP contribution in [0, 0.1) is 0 Å². The number of hydrogen-bond acceptors (Lipinski definition) is 5. The smallest absolute Gasteiger partial charge is 0.258 e. The van der Waals surface area contributed by atoms with E-state index in [0.717, 1.165) is 0 Å². The molecule has 7 heteroatoms. The molecule has 2 aromatic rings. The molecule has 1 amide bonds. The first-order valence-corrected chi connectivity index (χ1v) is 7.34. The van der Waals surface area contributed by atoms with Crippen LogP contribution < -0.4 is 14.8 Å². The number of benzene rings is 1. The van der Waals surface area contributed by atoms with Gasteiger partial charge in [-0.15, -0.1) is 5.10 Å². The molecule has 1 aromatic heterocycles. The summed E-state index contributed by atoms with van der Waals surface area (Å²) in [5.74, 6) is 0.561. The summed E-state index contributed by atoms with van der Waals surface area (Å²) in [5.41, 5.74) is -0.136. The van der Waals surface area contributed by atoms with E-state index in [-0.39, 0.29) is 18.3 Å². The lowest BCUT2D eigenvalue weighted by Crippen LogP contribution is -2.43. The second-order valence-corrected chi connectivity index (χ2v) is 5.53. The van der Waals surface area contributed by atoms with E-state index in [1.54, 1.807) is 13.2 Å². The van der Waals surface area contributed by atoms with Gasteiger partial charge in [0.2, 0.25) is 5.88 Å². The van der Waals surface area contributed by atoms with E-state index in [2.05, 4.69) is 10.4 Å². The zero-order valence-electron chi connectivity index (χ0n) is 13.1. The lowest BCUT2D eigenvalue weighted by atomic mass is 9.88. The minimum Gasteiger partial charge on any atom is -0.493 e. The third kappa shape index (κ3) is 2.87. The summed E-state index contributed by atoms with van der Waals surface area (Å²) in [6.07, 6.45) is 1.99. The first kappa shape index (κ1) is 15.4. The van der Waals surface area contributed by atoms with Crippen LogP contribution in [-0.4, -0.2) is 41.1 Å². The van der Waals surface area contributed by atoms with Crippen molar-refractivity contribution in [3.05, 3.63) is 41.6 Å². The highest BCUT2D eigenvalue weighted by atomic mass is 16.5. The van der Waals surface area contributed by atoms with Gasteiger partial charge in [-0.1, -0.05) is 18.2 Å². The van der Waals surface area contributed by atoms with Crippen molar-refractivity contribution in [2.45, 2.75) is 12.0 Å². The summed E-state index contributed by atoms with van der Waals surface area (Å²) in [6, 6.07) is 7.31. The Balaban J connectivity index is 1.77. The van der Waals surface area contributed by atoms with Crippen LogP contribution in [0.3, 0.4) is 0 Å². The Morgan fingerprint density at radius 1 is 1.52 bits per heavy atom. The summed E-state index contributed by atoms with van der Waals surface area (Å²) in [5, 5.41) is 17.7. The second-order valence-electron chi connectivity index (χ2n) is 5.53. The number of nitrogens with zero attached hydrogens (tertiary/aromatic N) is 2. The zero-order valence-corrected chi connectivity index (χ0v) is 13.1. The van der Waals surface area contributed by atoms with Gasteiger partial charge in [0.05, 0.1) is 20.3 Å². The van der Waals surface area contributed by atoms with E-state index in [0.29, 0.717) is 29.9 Å². The van der Waals surface area contributed by atoms with Crippen molar-refractivity contribution in [2.24, 2.45) is 7.05 Å². The second kappa shape index (κ2) is 5.92. The average Bonchev–Trinajstić information content (AvgIpc) is 2.94. The van der Waals surface area contributed by atoms with Crippen LogP contribution in [-0.2, 0) is 12.6 Å². The molecule has 1 aliphatic heterocycles. The highest BCUT2D eigenvalue weighted by Crippen LogP contribution is 2.36. The van der Waals surface area contributed by atoms with Gasteiger partial charge in [-0.2, -0.15) is 0 Å². The molecule has 1 aliphatic rings. The van der Waals surface area contributed by atoms with Crippen LogP contribution in [0.25, 0.3) is 0 Å². The molecule has 0 spiro atoms. The normalized spacial score (nSPS) is 19.6. The highest BCUT2D eigenvalue weighted by molar-refractivity contribution is 5.96. The molecule has 3 rings (SSSR count). The van der Waals surface area contributed by atoms with Gasteiger partial charge in [-0.3, -0.25) is 9.48 Å². The number of para-hydroxylation sites is 1. The highest BCUT2D eigenvalue weighted by Gasteiger charge is 2.36. The third-order valence-electron chi connectivity index (χ3n) is 3.94. The molecular formula is C16H19N3O4. The quantitative estimate of drug-likeness (QED) is 0.872. The number of nitrogens with one attached hydrogen (secondary N) is 1. The molecule has 0 bridgehead atoms. The number of carbonyl (C=O) groups is 1. The first-order valence-electron chi connectivity index (χ1n) is 7.34. The Morgan fingerprint density at radius 2 is 2.30 bits per heavy atom. The van der Waals surface area contributed by atoms with Crippen LogP contribution in [0.2, 0.25) is 0 Å². The SMILES string of the molecule is COc1nn(C)cc1C(=O)NC[C@]1(O)CCOc2ccccc21. The molecule has 23 heavy (non-hydrogen) atoms. The molecule has 0 saturated carbocycles. The molecule has 0 fully saturated rings. The predicted molar refractivity (Wildman–Crippen MR) is 82.5 cm³/mol. The lowest BCUT2D eigenvalue weighted by molar-refractivity contribution is -0.00163. The van der Waals surface area contributed by atoms with Crippen molar-refractivity contribution in [3.63, 3.8) is 0 Å². The molecule has 2 heterocycles. The summed E-state index contributed by atoms with van der Waals surface area (Å²) in [6.45, 7) is 0.490. The molecule has 0 aliphatic carbocycles. The van der Waals surface area contributed by atoms with Crippen molar-refractivity contribution < 1.29 is 19.4 Å². The van der Waals surface area contributed by atoms with Gasteiger partial charge in [-0.25, -0.2) is 0 Å². The van der Waals surface area contributed by atoms with E-state index in [1.807, 2.05) is 24.3 Å². The summed E-state index contributed by atoms with van der Waals surface area (Å²) in [7, 11) is 3.17. The fourth-order valence-corrected chi connectivity index (χ4v) is 2.72. The van der Waals surface area contributed by atoms with Crippen molar-refractivity contribution >= 4 is 5.91 Å². The molecule has 0 unspecified atom stereocenters. The lowest BCUT2D eigenvalue weighted by Gasteiger charge is -2.34. The largest absolute Gasteiger partial charge is 0.493 e. The number of aryl methyl sites for hydroxylation is 1. The van der Waals surface area contributed by atoms with Crippen LogP contribution in [0.5, 0.6) is 11.6 Å². The van der Waals surface area contributed by atoms with Crippen LogP contribution in [0.1, 0.15) is 22.3 Å². The van der Waals surface area contributed by atoms with E-state index >= 15 is 0 Å². The summed E-state index contributed by atoms with van der Waals surface area (Å²) >= 11 is 0. The number of ether oxygens (including phenoxy) is 2. The number of aliphatic hydroxyl groups is 1. The Bertz CT molecular complexity index is 728. The molecule has 0 saturated heterocycles. The van der Waals surface area contributed by atoms with E-state index in [9.17, 15) is 9.90 Å². The fraction of sp³-hybridized carbons (Fsp3) is 0.375. The number of methoxy groups -OCH3 is 1. The first-order chi connectivity index (χ1) is 11.0. The Morgan fingerprint density at radius 3 is 3.09 bits per heavy atom. The Hall–Kier alpha value is -2.54. The summed E-state index contributed by atoms with van der Waals surface area (Å²) in [4.78, 5) is 12.3. The van der Waals surface area contributed by atoms with Gasteiger partial charge >= 0.3 is 0 Å². The summed E-state index contributed by atoms with van der Waals surface area (Å²) < 4.78 is 12.1. The average molecular weight is 317 g/mol. The number of hydrogen-bond donors (Lipinski definition) is 2. The minimum absolute atomic E-state index is 0.0876. The maximum absolute atomic E-state index is 12.3. The van der Waals surface area contributed by atoms with Gasteiger partial charge in [-0.05, 0) is 6.07 Å². The fourth-order valence-electron chi connectivity index (χ4n) is 2.72.